The summed E-state index contributed by atoms with van der Waals surface area (Å²) in [6.45, 7) is 14.7. The predicted molar refractivity (Wildman–Crippen MR) is 87.2 cm³/mol. The van der Waals surface area contributed by atoms with Crippen molar-refractivity contribution in [1.29, 1.82) is 0 Å². The van der Waals surface area contributed by atoms with Gasteiger partial charge in [-0.1, -0.05) is 27.2 Å². The first kappa shape index (κ1) is 17.9. The van der Waals surface area contributed by atoms with E-state index in [-0.39, 0.29) is 0 Å². The maximum atomic E-state index is 5.61. The van der Waals surface area contributed by atoms with Gasteiger partial charge in [-0.3, -0.25) is 4.90 Å². The topological polar surface area (TPSA) is 24.5 Å². The largest absolute Gasteiger partial charge is 0.381 e. The molecule has 120 valence electrons. The maximum Gasteiger partial charge on any atom is 0.0510 e. The SMILES string of the molecule is CCCCN(CC(NCCC)C1CCOC1)C(C)CC. The Balaban J connectivity index is 2.56. The molecule has 3 unspecified atom stereocenters. The van der Waals surface area contributed by atoms with Crippen LogP contribution in [0.25, 0.3) is 0 Å². The zero-order valence-corrected chi connectivity index (χ0v) is 14.2. The van der Waals surface area contributed by atoms with Gasteiger partial charge in [0.1, 0.15) is 0 Å². The van der Waals surface area contributed by atoms with Crippen molar-refractivity contribution in [3.8, 4) is 0 Å². The van der Waals surface area contributed by atoms with Gasteiger partial charge in [-0.25, -0.2) is 0 Å². The zero-order valence-electron chi connectivity index (χ0n) is 14.2. The van der Waals surface area contributed by atoms with Gasteiger partial charge in [0.25, 0.3) is 0 Å². The van der Waals surface area contributed by atoms with Crippen molar-refractivity contribution in [3.05, 3.63) is 0 Å². The molecular weight excluding hydrogens is 248 g/mol. The summed E-state index contributed by atoms with van der Waals surface area (Å²) in [5, 5.41) is 3.78. The van der Waals surface area contributed by atoms with Crippen molar-refractivity contribution in [1.82, 2.24) is 10.2 Å². The molecule has 3 nitrogen and oxygen atoms in total. The average Bonchev–Trinajstić information content (AvgIpc) is 3.00. The monoisotopic (exact) mass is 284 g/mol. The number of nitrogens with one attached hydrogen (secondary N) is 1. The Kier molecular flexibility index (Phi) is 9.49. The summed E-state index contributed by atoms with van der Waals surface area (Å²) in [6.07, 6.45) is 6.27. The van der Waals surface area contributed by atoms with Crippen molar-refractivity contribution in [2.45, 2.75) is 71.9 Å². The van der Waals surface area contributed by atoms with E-state index in [4.69, 9.17) is 4.74 Å². The second-order valence-electron chi connectivity index (χ2n) is 6.29. The van der Waals surface area contributed by atoms with E-state index < -0.39 is 0 Å². The molecule has 1 rings (SSSR count). The van der Waals surface area contributed by atoms with E-state index in [1.54, 1.807) is 0 Å². The minimum absolute atomic E-state index is 0.600. The Morgan fingerprint density at radius 3 is 2.60 bits per heavy atom. The molecule has 0 aromatic rings. The van der Waals surface area contributed by atoms with E-state index in [1.165, 1.54) is 45.2 Å². The molecule has 0 radical (unpaired) electrons. The molecule has 3 atom stereocenters. The highest BCUT2D eigenvalue weighted by atomic mass is 16.5. The van der Waals surface area contributed by atoms with Crippen LogP contribution in [0.15, 0.2) is 0 Å². The van der Waals surface area contributed by atoms with Crippen LogP contribution in [-0.4, -0.2) is 49.8 Å². The van der Waals surface area contributed by atoms with Crippen LogP contribution in [0, 0.1) is 5.92 Å². The third kappa shape index (κ3) is 6.11. The van der Waals surface area contributed by atoms with Crippen molar-refractivity contribution in [3.63, 3.8) is 0 Å². The number of hydrogen-bond acceptors (Lipinski definition) is 3. The number of nitrogens with zero attached hydrogens (tertiary/aromatic N) is 1. The number of ether oxygens (including phenoxy) is 1. The minimum Gasteiger partial charge on any atom is -0.381 e. The Morgan fingerprint density at radius 1 is 1.25 bits per heavy atom. The van der Waals surface area contributed by atoms with E-state index in [0.29, 0.717) is 18.0 Å². The molecule has 1 fully saturated rings. The molecule has 0 spiro atoms. The van der Waals surface area contributed by atoms with Gasteiger partial charge >= 0.3 is 0 Å². The molecular formula is C17H36N2O. The van der Waals surface area contributed by atoms with Crippen LogP contribution in [0.1, 0.15) is 59.8 Å². The summed E-state index contributed by atoms with van der Waals surface area (Å²) in [7, 11) is 0. The Bertz CT molecular complexity index is 229. The lowest BCUT2D eigenvalue weighted by molar-refractivity contribution is 0.140. The second kappa shape index (κ2) is 10.6. The molecule has 0 aliphatic carbocycles. The van der Waals surface area contributed by atoms with Crippen LogP contribution in [0.3, 0.4) is 0 Å². The van der Waals surface area contributed by atoms with Crippen molar-refractivity contribution < 1.29 is 4.74 Å². The summed E-state index contributed by atoms with van der Waals surface area (Å²) >= 11 is 0. The predicted octanol–water partition coefficient (Wildman–Crippen LogP) is 3.29. The lowest BCUT2D eigenvalue weighted by Crippen LogP contribution is -2.48. The number of unbranched alkanes of at least 4 members (excludes halogenated alkanes) is 1. The van der Waals surface area contributed by atoms with Gasteiger partial charge in [-0.05, 0) is 45.7 Å². The molecule has 0 saturated carbocycles. The lowest BCUT2D eigenvalue weighted by atomic mass is 9.97. The van der Waals surface area contributed by atoms with Gasteiger partial charge in [0.15, 0.2) is 0 Å². The van der Waals surface area contributed by atoms with Crippen molar-refractivity contribution in [2.24, 2.45) is 5.92 Å². The fourth-order valence-corrected chi connectivity index (χ4v) is 2.94. The second-order valence-corrected chi connectivity index (χ2v) is 6.29. The van der Waals surface area contributed by atoms with E-state index in [2.05, 4.69) is 37.9 Å². The quantitative estimate of drug-likeness (QED) is 0.630. The molecule has 0 bridgehead atoms. The lowest BCUT2D eigenvalue weighted by Gasteiger charge is -2.34. The standard InChI is InChI=1S/C17H36N2O/c1-5-8-11-19(15(4)7-3)13-17(18-10-6-2)16-9-12-20-14-16/h15-18H,5-14H2,1-4H3. The van der Waals surface area contributed by atoms with E-state index in [9.17, 15) is 0 Å². The van der Waals surface area contributed by atoms with Crippen LogP contribution in [0.2, 0.25) is 0 Å². The Morgan fingerprint density at radius 2 is 2.05 bits per heavy atom. The van der Waals surface area contributed by atoms with Gasteiger partial charge in [-0.15, -0.1) is 0 Å². The smallest absolute Gasteiger partial charge is 0.0510 e. The van der Waals surface area contributed by atoms with Crippen molar-refractivity contribution >= 4 is 0 Å². The van der Waals surface area contributed by atoms with Crippen LogP contribution in [-0.2, 0) is 4.74 Å². The first-order valence-corrected chi connectivity index (χ1v) is 8.78. The highest BCUT2D eigenvalue weighted by molar-refractivity contribution is 4.83. The molecule has 1 saturated heterocycles. The number of hydrogen-bond donors (Lipinski definition) is 1. The summed E-state index contributed by atoms with van der Waals surface area (Å²) in [5.74, 6) is 0.703. The minimum atomic E-state index is 0.600. The summed E-state index contributed by atoms with van der Waals surface area (Å²) in [4.78, 5) is 2.69. The van der Waals surface area contributed by atoms with Crippen LogP contribution < -0.4 is 5.32 Å². The highest BCUT2D eigenvalue weighted by Gasteiger charge is 2.27. The Labute approximate surface area is 126 Å². The van der Waals surface area contributed by atoms with E-state index in [1.807, 2.05) is 0 Å². The van der Waals surface area contributed by atoms with Crippen LogP contribution in [0.5, 0.6) is 0 Å². The van der Waals surface area contributed by atoms with Gasteiger partial charge in [0, 0.05) is 31.2 Å². The zero-order chi connectivity index (χ0) is 14.8. The summed E-state index contributed by atoms with van der Waals surface area (Å²) in [6, 6.07) is 1.29. The van der Waals surface area contributed by atoms with E-state index in [0.717, 1.165) is 19.8 Å². The van der Waals surface area contributed by atoms with Crippen molar-refractivity contribution in [2.75, 3.05) is 32.8 Å². The molecule has 0 aromatic carbocycles. The highest BCUT2D eigenvalue weighted by Crippen LogP contribution is 2.19. The molecule has 1 N–H and O–H groups in total. The molecule has 1 aliphatic heterocycles. The fraction of sp³-hybridized carbons (Fsp3) is 1.00. The average molecular weight is 284 g/mol. The summed E-state index contributed by atoms with van der Waals surface area (Å²) in [5.41, 5.74) is 0. The normalized spacial score (nSPS) is 22.4. The van der Waals surface area contributed by atoms with Gasteiger partial charge in [0.05, 0.1) is 6.61 Å². The van der Waals surface area contributed by atoms with Gasteiger partial charge in [-0.2, -0.15) is 0 Å². The van der Waals surface area contributed by atoms with Crippen LogP contribution in [0.4, 0.5) is 0 Å². The first-order valence-electron chi connectivity index (χ1n) is 8.78. The molecule has 20 heavy (non-hydrogen) atoms. The molecule has 1 aliphatic rings. The van der Waals surface area contributed by atoms with Gasteiger partial charge in [0.2, 0.25) is 0 Å². The third-order valence-electron chi connectivity index (χ3n) is 4.63. The molecule has 0 amide bonds. The molecule has 3 heteroatoms. The molecule has 1 heterocycles. The van der Waals surface area contributed by atoms with E-state index >= 15 is 0 Å². The maximum absolute atomic E-state index is 5.61. The third-order valence-corrected chi connectivity index (χ3v) is 4.63. The fourth-order valence-electron chi connectivity index (χ4n) is 2.94. The van der Waals surface area contributed by atoms with Crippen LogP contribution >= 0.6 is 0 Å². The van der Waals surface area contributed by atoms with Gasteiger partial charge < -0.3 is 10.1 Å². The molecule has 0 aromatic heterocycles. The summed E-state index contributed by atoms with van der Waals surface area (Å²) < 4.78 is 5.61. The number of rotatable bonds is 11. The first-order chi connectivity index (χ1) is 9.72. The Hall–Kier alpha value is -0.120.